The second-order valence-corrected chi connectivity index (χ2v) is 8.69. The Hall–Kier alpha value is -1.84. The van der Waals surface area contributed by atoms with Gasteiger partial charge in [0.25, 0.3) is 5.91 Å². The molecule has 0 spiro atoms. The van der Waals surface area contributed by atoms with Crippen molar-refractivity contribution in [2.75, 3.05) is 0 Å². The van der Waals surface area contributed by atoms with E-state index in [1.807, 2.05) is 52.9 Å². The maximum Gasteiger partial charge on any atom is 0.326 e. The van der Waals surface area contributed by atoms with Crippen LogP contribution in [0.1, 0.15) is 21.7 Å². The average molecular weight is 589 g/mol. The van der Waals surface area contributed by atoms with Gasteiger partial charge in [0.2, 0.25) is 0 Å². The number of carbonyl (C=O) groups excluding carboxylic acids is 1. The summed E-state index contributed by atoms with van der Waals surface area (Å²) < 4.78 is 6.69. The predicted octanol–water partition coefficient (Wildman–Crippen LogP) is 5.64. The zero-order valence-electron chi connectivity index (χ0n) is 15.0. The van der Waals surface area contributed by atoms with E-state index in [-0.39, 0.29) is 13.0 Å². The maximum atomic E-state index is 13.4. The topological polar surface area (TPSA) is 70.8 Å². The molecule has 1 amide bonds. The van der Waals surface area contributed by atoms with Gasteiger partial charge in [0.05, 0.1) is 12.1 Å². The van der Waals surface area contributed by atoms with Crippen LogP contribution in [0.3, 0.4) is 0 Å². The van der Waals surface area contributed by atoms with Gasteiger partial charge in [0.15, 0.2) is 4.67 Å². The van der Waals surface area contributed by atoms with Crippen molar-refractivity contribution in [3.8, 4) is 0 Å². The number of amides is 1. The smallest absolute Gasteiger partial charge is 0.326 e. The third-order valence-electron chi connectivity index (χ3n) is 4.31. The number of hydrogen-bond donors (Lipinski definition) is 1. The molecule has 0 radical (unpaired) electrons. The van der Waals surface area contributed by atoms with Crippen molar-refractivity contribution in [2.24, 2.45) is 0 Å². The fourth-order valence-electron chi connectivity index (χ4n) is 2.91. The SMILES string of the molecule is O=C(O)[C@H](Cc1ccccc1)N(Cc1ccc(Br)o1)C(=O)c1ccc(Cl)cc1I. The number of hydrogen-bond acceptors (Lipinski definition) is 3. The van der Waals surface area contributed by atoms with Crippen molar-refractivity contribution in [3.63, 3.8) is 0 Å². The van der Waals surface area contributed by atoms with E-state index in [4.69, 9.17) is 16.0 Å². The summed E-state index contributed by atoms with van der Waals surface area (Å²) in [6.07, 6.45) is 0.175. The quantitative estimate of drug-likeness (QED) is 0.363. The number of furan rings is 1. The van der Waals surface area contributed by atoms with E-state index < -0.39 is 17.9 Å². The minimum atomic E-state index is -1.09. The summed E-state index contributed by atoms with van der Waals surface area (Å²) in [4.78, 5) is 26.9. The maximum absolute atomic E-state index is 13.4. The molecule has 0 saturated heterocycles. The van der Waals surface area contributed by atoms with Gasteiger partial charge in [0.1, 0.15) is 11.8 Å². The van der Waals surface area contributed by atoms with E-state index >= 15 is 0 Å². The molecule has 0 aliphatic heterocycles. The van der Waals surface area contributed by atoms with Gasteiger partial charge in [-0.25, -0.2) is 4.79 Å². The number of carboxylic acid groups (broad SMARTS) is 1. The van der Waals surface area contributed by atoms with E-state index in [2.05, 4.69) is 15.9 Å². The lowest BCUT2D eigenvalue weighted by Crippen LogP contribution is -2.46. The van der Waals surface area contributed by atoms with Crippen LogP contribution < -0.4 is 0 Å². The molecule has 0 aliphatic rings. The summed E-state index contributed by atoms with van der Waals surface area (Å²) in [7, 11) is 0. The minimum absolute atomic E-state index is 0.0208. The van der Waals surface area contributed by atoms with Crippen LogP contribution in [-0.2, 0) is 17.8 Å². The molecule has 0 fully saturated rings. The lowest BCUT2D eigenvalue weighted by molar-refractivity contribution is -0.142. The van der Waals surface area contributed by atoms with Gasteiger partial charge in [-0.15, -0.1) is 0 Å². The van der Waals surface area contributed by atoms with Crippen molar-refractivity contribution in [1.82, 2.24) is 4.90 Å². The van der Waals surface area contributed by atoms with Crippen molar-refractivity contribution < 1.29 is 19.1 Å². The second-order valence-electron chi connectivity index (χ2n) is 6.31. The molecule has 8 heteroatoms. The van der Waals surface area contributed by atoms with E-state index in [9.17, 15) is 14.7 Å². The summed E-state index contributed by atoms with van der Waals surface area (Å²) in [6, 6.07) is 16.5. The average Bonchev–Trinajstić information content (AvgIpc) is 3.09. The van der Waals surface area contributed by atoms with Crippen molar-refractivity contribution in [1.29, 1.82) is 0 Å². The largest absolute Gasteiger partial charge is 0.480 e. The van der Waals surface area contributed by atoms with Crippen LogP contribution in [0.25, 0.3) is 0 Å². The molecule has 1 N–H and O–H groups in total. The van der Waals surface area contributed by atoms with Crippen molar-refractivity contribution in [2.45, 2.75) is 19.0 Å². The fourth-order valence-corrected chi connectivity index (χ4v) is 4.36. The Kier molecular flexibility index (Phi) is 7.37. The Balaban J connectivity index is 2.00. The summed E-state index contributed by atoms with van der Waals surface area (Å²) in [5, 5.41) is 10.4. The summed E-state index contributed by atoms with van der Waals surface area (Å²) in [5.41, 5.74) is 1.21. The zero-order valence-corrected chi connectivity index (χ0v) is 19.5. The van der Waals surface area contributed by atoms with Crippen molar-refractivity contribution >= 4 is 62.0 Å². The Morgan fingerprint density at radius 2 is 1.86 bits per heavy atom. The molecular formula is C21H16BrClINO4. The summed E-state index contributed by atoms with van der Waals surface area (Å²) in [6.45, 7) is 0.0208. The van der Waals surface area contributed by atoms with Crippen LogP contribution in [0.2, 0.25) is 5.02 Å². The summed E-state index contributed by atoms with van der Waals surface area (Å²) >= 11 is 11.3. The van der Waals surface area contributed by atoms with Gasteiger partial charge in [0, 0.05) is 15.0 Å². The van der Waals surface area contributed by atoms with E-state index in [0.717, 1.165) is 5.56 Å². The minimum Gasteiger partial charge on any atom is -0.480 e. The lowest BCUT2D eigenvalue weighted by Gasteiger charge is -2.29. The van der Waals surface area contributed by atoms with E-state index in [1.54, 1.807) is 30.3 Å². The van der Waals surface area contributed by atoms with E-state index in [1.165, 1.54) is 4.90 Å². The first-order chi connectivity index (χ1) is 13.8. The van der Waals surface area contributed by atoms with E-state index in [0.29, 0.717) is 24.6 Å². The molecule has 3 aromatic rings. The van der Waals surface area contributed by atoms with Crippen LogP contribution in [0.15, 0.2) is 69.8 Å². The second kappa shape index (κ2) is 9.77. The highest BCUT2D eigenvalue weighted by atomic mass is 127. The molecule has 29 heavy (non-hydrogen) atoms. The van der Waals surface area contributed by atoms with Gasteiger partial charge in [-0.1, -0.05) is 41.9 Å². The first-order valence-corrected chi connectivity index (χ1v) is 10.9. The van der Waals surface area contributed by atoms with Gasteiger partial charge < -0.3 is 14.4 Å². The molecule has 150 valence electrons. The first-order valence-electron chi connectivity index (χ1n) is 8.62. The molecule has 5 nitrogen and oxygen atoms in total. The van der Waals surface area contributed by atoms with Crippen LogP contribution in [-0.4, -0.2) is 27.9 Å². The Morgan fingerprint density at radius 1 is 1.14 bits per heavy atom. The Bertz CT molecular complexity index is 1020. The first kappa shape index (κ1) is 21.9. The summed E-state index contributed by atoms with van der Waals surface area (Å²) in [5.74, 6) is -1.01. The Labute approximate surface area is 194 Å². The van der Waals surface area contributed by atoms with Crippen LogP contribution >= 0.6 is 50.1 Å². The van der Waals surface area contributed by atoms with Crippen LogP contribution in [0.4, 0.5) is 0 Å². The molecule has 1 atom stereocenters. The highest BCUT2D eigenvalue weighted by molar-refractivity contribution is 14.1. The predicted molar refractivity (Wildman–Crippen MR) is 122 cm³/mol. The van der Waals surface area contributed by atoms with Gasteiger partial charge in [-0.3, -0.25) is 4.79 Å². The number of benzene rings is 2. The number of aliphatic carboxylic acids is 1. The third-order valence-corrected chi connectivity index (χ3v) is 5.86. The molecule has 1 aromatic heterocycles. The van der Waals surface area contributed by atoms with Crippen LogP contribution in [0, 0.1) is 3.57 Å². The third kappa shape index (κ3) is 5.61. The molecule has 0 unspecified atom stereocenters. The zero-order chi connectivity index (χ0) is 21.0. The van der Waals surface area contributed by atoms with Gasteiger partial charge in [-0.05, 0) is 74.4 Å². The highest BCUT2D eigenvalue weighted by Crippen LogP contribution is 2.24. The molecule has 0 bridgehead atoms. The standard InChI is InChI=1S/C21H16BrClINO4/c22-19-9-7-15(29-19)12-25(20(26)16-8-6-14(23)11-17(16)24)18(21(27)28)10-13-4-2-1-3-5-13/h1-9,11,18H,10,12H2,(H,27,28)/t18-/m0/s1. The Morgan fingerprint density at radius 3 is 2.45 bits per heavy atom. The van der Waals surface area contributed by atoms with Gasteiger partial charge in [-0.2, -0.15) is 0 Å². The lowest BCUT2D eigenvalue weighted by atomic mass is 10.0. The number of carbonyl (C=O) groups is 2. The van der Waals surface area contributed by atoms with Gasteiger partial charge >= 0.3 is 5.97 Å². The normalized spacial score (nSPS) is 11.8. The molecule has 3 rings (SSSR count). The van der Waals surface area contributed by atoms with Crippen molar-refractivity contribution in [3.05, 3.63) is 90.8 Å². The number of rotatable bonds is 7. The number of nitrogens with zero attached hydrogens (tertiary/aromatic N) is 1. The number of halogens is 3. The molecule has 1 heterocycles. The molecular weight excluding hydrogens is 572 g/mol. The molecule has 0 aliphatic carbocycles. The fraction of sp³-hybridized carbons (Fsp3) is 0.143. The van der Waals surface area contributed by atoms with Crippen LogP contribution in [0.5, 0.6) is 0 Å². The molecule has 2 aromatic carbocycles. The monoisotopic (exact) mass is 587 g/mol. The molecule has 0 saturated carbocycles. The number of carboxylic acids is 1. The highest BCUT2D eigenvalue weighted by Gasteiger charge is 2.32.